The molecule has 6 heteroatoms. The van der Waals surface area contributed by atoms with E-state index in [0.717, 1.165) is 17.7 Å². The Morgan fingerprint density at radius 1 is 1.46 bits per heavy atom. The summed E-state index contributed by atoms with van der Waals surface area (Å²) < 4.78 is 5.12. The van der Waals surface area contributed by atoms with Crippen molar-refractivity contribution in [1.29, 1.82) is 0 Å². The second-order valence-electron chi connectivity index (χ2n) is 7.74. The quantitative estimate of drug-likeness (QED) is 0.908. The third kappa shape index (κ3) is 3.53. The average molecular weight is 347 g/mol. The summed E-state index contributed by atoms with van der Waals surface area (Å²) in [4.78, 5) is 18.8. The molecular formula is C18H25N3O2S. The van der Waals surface area contributed by atoms with Gasteiger partial charge in [-0.05, 0) is 56.1 Å². The maximum absolute atomic E-state index is 12.5. The van der Waals surface area contributed by atoms with E-state index in [1.807, 2.05) is 6.92 Å². The highest BCUT2D eigenvalue weighted by atomic mass is 32.1. The molecule has 0 saturated heterocycles. The fraction of sp³-hybridized carbons (Fsp3) is 0.611. The molecule has 5 nitrogen and oxygen atoms in total. The Hall–Kier alpha value is -1.69. The van der Waals surface area contributed by atoms with E-state index < -0.39 is 0 Å². The Morgan fingerprint density at radius 2 is 2.21 bits per heavy atom. The van der Waals surface area contributed by atoms with E-state index in [4.69, 9.17) is 4.52 Å². The van der Waals surface area contributed by atoms with Crippen LogP contribution in [0.3, 0.4) is 0 Å². The van der Waals surface area contributed by atoms with Gasteiger partial charge in [0.15, 0.2) is 5.82 Å². The monoisotopic (exact) mass is 347 g/mol. The van der Waals surface area contributed by atoms with Crippen LogP contribution in [0.15, 0.2) is 10.6 Å². The average Bonchev–Trinajstić information content (AvgIpc) is 3.11. The summed E-state index contributed by atoms with van der Waals surface area (Å²) in [6.07, 6.45) is 3.35. The number of nitrogens with one attached hydrogen (secondary N) is 1. The topological polar surface area (TPSA) is 68.0 Å². The van der Waals surface area contributed by atoms with E-state index in [1.54, 1.807) is 18.3 Å². The Kier molecular flexibility index (Phi) is 4.51. The fourth-order valence-corrected chi connectivity index (χ4v) is 4.30. The summed E-state index contributed by atoms with van der Waals surface area (Å²) in [5, 5.41) is 6.72. The van der Waals surface area contributed by atoms with Crippen LogP contribution in [0.1, 0.15) is 72.0 Å². The van der Waals surface area contributed by atoms with Crippen LogP contribution >= 0.6 is 11.3 Å². The van der Waals surface area contributed by atoms with Crippen molar-refractivity contribution in [3.63, 3.8) is 0 Å². The highest BCUT2D eigenvalue weighted by molar-refractivity contribution is 7.14. The predicted molar refractivity (Wildman–Crippen MR) is 94.2 cm³/mol. The summed E-state index contributed by atoms with van der Waals surface area (Å²) >= 11 is 1.62. The third-order valence-corrected chi connectivity index (χ3v) is 6.03. The number of hydrogen-bond acceptors (Lipinski definition) is 5. The highest BCUT2D eigenvalue weighted by Crippen LogP contribution is 2.40. The molecule has 2 aromatic rings. The summed E-state index contributed by atoms with van der Waals surface area (Å²) in [6, 6.07) is 1.78. The summed E-state index contributed by atoms with van der Waals surface area (Å²) in [5.74, 6) is 1.63. The van der Waals surface area contributed by atoms with Crippen LogP contribution in [0.5, 0.6) is 0 Å². The Bertz CT molecular complexity index is 742. The van der Waals surface area contributed by atoms with E-state index in [2.05, 4.69) is 42.3 Å². The molecule has 24 heavy (non-hydrogen) atoms. The predicted octanol–water partition coefficient (Wildman–Crippen LogP) is 4.08. The SMILES string of the molecule is Cc1noc([C@@H](C)NC(=O)c2cc3c(s2)CC[C@@H](C(C)(C)C)C3)n1. The van der Waals surface area contributed by atoms with Gasteiger partial charge in [-0.1, -0.05) is 25.9 Å². The summed E-state index contributed by atoms with van der Waals surface area (Å²) in [6.45, 7) is 10.5. The van der Waals surface area contributed by atoms with Gasteiger partial charge in [-0.3, -0.25) is 4.79 Å². The molecule has 1 amide bonds. The molecule has 130 valence electrons. The lowest BCUT2D eigenvalue weighted by molar-refractivity contribution is 0.0936. The maximum atomic E-state index is 12.5. The Morgan fingerprint density at radius 3 is 2.83 bits per heavy atom. The zero-order chi connectivity index (χ0) is 17.5. The van der Waals surface area contributed by atoms with Crippen molar-refractivity contribution in [3.8, 4) is 0 Å². The van der Waals surface area contributed by atoms with Crippen LogP contribution in [-0.2, 0) is 12.8 Å². The third-order valence-electron chi connectivity index (χ3n) is 4.79. The van der Waals surface area contributed by atoms with Gasteiger partial charge in [0.25, 0.3) is 5.91 Å². The van der Waals surface area contributed by atoms with Gasteiger partial charge in [-0.25, -0.2) is 0 Å². The number of aromatic nitrogens is 2. The van der Waals surface area contributed by atoms with Crippen LogP contribution in [0, 0.1) is 18.3 Å². The van der Waals surface area contributed by atoms with E-state index in [-0.39, 0.29) is 11.9 Å². The molecule has 1 aliphatic rings. The lowest BCUT2D eigenvalue weighted by Crippen LogP contribution is -2.26. The van der Waals surface area contributed by atoms with Gasteiger partial charge in [0.05, 0.1) is 4.88 Å². The first-order valence-electron chi connectivity index (χ1n) is 8.46. The number of carbonyl (C=O) groups is 1. The minimum Gasteiger partial charge on any atom is -0.340 e. The lowest BCUT2D eigenvalue weighted by Gasteiger charge is -2.33. The smallest absolute Gasteiger partial charge is 0.262 e. The van der Waals surface area contributed by atoms with Gasteiger partial charge < -0.3 is 9.84 Å². The molecule has 0 fully saturated rings. The standard InChI is InChI=1S/C18H25N3O2S/c1-10(17-20-11(2)21-23-17)19-16(22)15-9-12-8-13(18(3,4)5)6-7-14(12)24-15/h9-10,13H,6-8H2,1-5H3,(H,19,22)/t10-,13-/m1/s1. The summed E-state index contributed by atoms with van der Waals surface area (Å²) in [7, 11) is 0. The van der Waals surface area contributed by atoms with Gasteiger partial charge in [0, 0.05) is 4.88 Å². The number of fused-ring (bicyclic) bond motifs is 1. The van der Waals surface area contributed by atoms with Crippen molar-refractivity contribution in [2.24, 2.45) is 11.3 Å². The van der Waals surface area contributed by atoms with Crippen molar-refractivity contribution < 1.29 is 9.32 Å². The molecule has 3 rings (SSSR count). The molecule has 2 atom stereocenters. The molecule has 0 radical (unpaired) electrons. The number of rotatable bonds is 3. The number of hydrogen-bond donors (Lipinski definition) is 1. The summed E-state index contributed by atoms with van der Waals surface area (Å²) in [5.41, 5.74) is 1.66. The van der Waals surface area contributed by atoms with Crippen LogP contribution in [0.25, 0.3) is 0 Å². The lowest BCUT2D eigenvalue weighted by atomic mass is 9.72. The molecule has 0 unspecified atom stereocenters. The maximum Gasteiger partial charge on any atom is 0.262 e. The number of aryl methyl sites for hydroxylation is 2. The number of carbonyl (C=O) groups excluding carboxylic acids is 1. The second-order valence-corrected chi connectivity index (χ2v) is 8.88. The first kappa shape index (κ1) is 17.1. The van der Waals surface area contributed by atoms with Crippen LogP contribution in [0.2, 0.25) is 0 Å². The largest absolute Gasteiger partial charge is 0.340 e. The fourth-order valence-electron chi connectivity index (χ4n) is 3.19. The Balaban J connectivity index is 1.70. The van der Waals surface area contributed by atoms with Crippen molar-refractivity contribution in [2.45, 2.75) is 59.9 Å². The number of thiophene rings is 1. The van der Waals surface area contributed by atoms with Crippen molar-refractivity contribution in [1.82, 2.24) is 15.5 Å². The molecule has 0 bridgehead atoms. The molecule has 0 spiro atoms. The molecule has 0 saturated carbocycles. The molecule has 0 aliphatic heterocycles. The van der Waals surface area contributed by atoms with Gasteiger partial charge in [-0.15, -0.1) is 11.3 Å². The van der Waals surface area contributed by atoms with E-state index in [1.165, 1.54) is 16.9 Å². The van der Waals surface area contributed by atoms with Gasteiger partial charge in [0.2, 0.25) is 5.89 Å². The van der Waals surface area contributed by atoms with Crippen LogP contribution in [-0.4, -0.2) is 16.0 Å². The van der Waals surface area contributed by atoms with E-state index in [0.29, 0.717) is 23.0 Å². The minimum atomic E-state index is -0.292. The molecule has 2 aromatic heterocycles. The molecular weight excluding hydrogens is 322 g/mol. The van der Waals surface area contributed by atoms with Crippen LogP contribution < -0.4 is 5.32 Å². The first-order valence-corrected chi connectivity index (χ1v) is 9.28. The highest BCUT2D eigenvalue weighted by Gasteiger charge is 2.30. The van der Waals surface area contributed by atoms with Crippen molar-refractivity contribution in [3.05, 3.63) is 33.1 Å². The van der Waals surface area contributed by atoms with Crippen molar-refractivity contribution >= 4 is 17.2 Å². The van der Waals surface area contributed by atoms with Gasteiger partial charge in [0.1, 0.15) is 6.04 Å². The minimum absolute atomic E-state index is 0.0648. The van der Waals surface area contributed by atoms with Crippen molar-refractivity contribution in [2.75, 3.05) is 0 Å². The molecule has 0 aromatic carbocycles. The zero-order valence-corrected chi connectivity index (χ0v) is 15.8. The number of amides is 1. The zero-order valence-electron chi connectivity index (χ0n) is 15.0. The molecule has 2 heterocycles. The Labute approximate surface area is 146 Å². The van der Waals surface area contributed by atoms with E-state index >= 15 is 0 Å². The van der Waals surface area contributed by atoms with Crippen LogP contribution in [0.4, 0.5) is 0 Å². The molecule has 1 aliphatic carbocycles. The number of nitrogens with zero attached hydrogens (tertiary/aromatic N) is 2. The first-order chi connectivity index (χ1) is 11.2. The molecule has 1 N–H and O–H groups in total. The second kappa shape index (κ2) is 6.31. The van der Waals surface area contributed by atoms with Gasteiger partial charge in [-0.2, -0.15) is 4.98 Å². The van der Waals surface area contributed by atoms with E-state index in [9.17, 15) is 4.79 Å². The van der Waals surface area contributed by atoms with Gasteiger partial charge >= 0.3 is 0 Å². The normalized spacial score (nSPS) is 19.0.